The monoisotopic (exact) mass is 315 g/mol. The topological polar surface area (TPSA) is 44.3 Å². The van der Waals surface area contributed by atoms with Crippen LogP contribution in [-0.2, 0) is 12.8 Å². The third kappa shape index (κ3) is 3.30. The van der Waals surface area contributed by atoms with Gasteiger partial charge in [0.2, 0.25) is 5.95 Å². The molecule has 1 atom stereocenters. The molecule has 1 aromatic rings. The lowest BCUT2D eigenvalue weighted by Gasteiger charge is -2.25. The van der Waals surface area contributed by atoms with E-state index >= 15 is 0 Å². The molecule has 2 aliphatic heterocycles. The lowest BCUT2D eigenvalue weighted by atomic mass is 10.2. The second kappa shape index (κ2) is 6.63. The summed E-state index contributed by atoms with van der Waals surface area (Å²) in [6.07, 6.45) is 10.0. The molecule has 0 radical (unpaired) electrons. The second-order valence-electron chi connectivity index (χ2n) is 7.44. The van der Waals surface area contributed by atoms with Crippen LogP contribution in [0.4, 0.5) is 11.8 Å². The molecule has 0 amide bonds. The molecule has 1 aliphatic carbocycles. The number of fused-ring (bicyclic) bond motifs is 1. The largest absolute Gasteiger partial charge is 0.356 e. The quantitative estimate of drug-likeness (QED) is 0.928. The zero-order valence-corrected chi connectivity index (χ0v) is 14.4. The molecule has 0 aromatic carbocycles. The molecule has 5 nitrogen and oxygen atoms in total. The minimum Gasteiger partial charge on any atom is -0.356 e. The molecule has 5 heteroatoms. The molecule has 3 heterocycles. The van der Waals surface area contributed by atoms with Crippen LogP contribution in [0.25, 0.3) is 0 Å². The number of anilines is 2. The molecule has 1 aromatic heterocycles. The van der Waals surface area contributed by atoms with Crippen molar-refractivity contribution in [1.82, 2.24) is 14.9 Å². The van der Waals surface area contributed by atoms with E-state index in [1.807, 2.05) is 0 Å². The maximum Gasteiger partial charge on any atom is 0.225 e. The fourth-order valence-corrected chi connectivity index (χ4v) is 4.26. The molecule has 1 unspecified atom stereocenters. The lowest BCUT2D eigenvalue weighted by molar-refractivity contribution is 0.414. The number of rotatable bonds is 3. The van der Waals surface area contributed by atoms with Gasteiger partial charge in [0.1, 0.15) is 5.82 Å². The molecule has 126 valence electrons. The average molecular weight is 315 g/mol. The average Bonchev–Trinajstić information content (AvgIpc) is 3.07. The van der Waals surface area contributed by atoms with Gasteiger partial charge in [-0.2, -0.15) is 4.98 Å². The van der Waals surface area contributed by atoms with Gasteiger partial charge in [-0.1, -0.05) is 12.8 Å². The van der Waals surface area contributed by atoms with E-state index in [-0.39, 0.29) is 0 Å². The molecule has 2 saturated heterocycles. The summed E-state index contributed by atoms with van der Waals surface area (Å²) < 4.78 is 0. The first-order valence-electron chi connectivity index (χ1n) is 9.39. The number of nitrogens with one attached hydrogen (secondary N) is 1. The van der Waals surface area contributed by atoms with Crippen molar-refractivity contribution in [3.05, 3.63) is 11.3 Å². The summed E-state index contributed by atoms with van der Waals surface area (Å²) in [6, 6.07) is 0.497. The lowest BCUT2D eigenvalue weighted by Crippen LogP contribution is -2.28. The van der Waals surface area contributed by atoms with Crippen LogP contribution in [0.15, 0.2) is 0 Å². The van der Waals surface area contributed by atoms with E-state index < -0.39 is 0 Å². The van der Waals surface area contributed by atoms with Gasteiger partial charge in [0.25, 0.3) is 0 Å². The molecule has 0 bridgehead atoms. The van der Waals surface area contributed by atoms with Crippen molar-refractivity contribution in [2.75, 3.05) is 43.4 Å². The Labute approximate surface area is 139 Å². The number of aromatic nitrogens is 2. The van der Waals surface area contributed by atoms with Gasteiger partial charge in [0, 0.05) is 31.2 Å². The Morgan fingerprint density at radius 1 is 0.957 bits per heavy atom. The smallest absolute Gasteiger partial charge is 0.225 e. The van der Waals surface area contributed by atoms with E-state index in [1.54, 1.807) is 0 Å². The van der Waals surface area contributed by atoms with Crippen LogP contribution in [0.5, 0.6) is 0 Å². The van der Waals surface area contributed by atoms with Gasteiger partial charge < -0.3 is 15.1 Å². The van der Waals surface area contributed by atoms with Gasteiger partial charge in [-0.3, -0.25) is 0 Å². The zero-order chi connectivity index (χ0) is 15.6. The Bertz CT molecular complexity index is 551. The third-order valence-corrected chi connectivity index (χ3v) is 5.54. The molecule has 2 fully saturated rings. The third-order valence-electron chi connectivity index (χ3n) is 5.54. The van der Waals surface area contributed by atoms with Crippen molar-refractivity contribution < 1.29 is 0 Å². The molecular weight excluding hydrogens is 286 g/mol. The highest BCUT2D eigenvalue weighted by Crippen LogP contribution is 2.31. The van der Waals surface area contributed by atoms with Crippen LogP contribution in [0.3, 0.4) is 0 Å². The van der Waals surface area contributed by atoms with Crippen molar-refractivity contribution >= 4 is 11.8 Å². The van der Waals surface area contributed by atoms with Crippen LogP contribution >= 0.6 is 0 Å². The van der Waals surface area contributed by atoms with Gasteiger partial charge in [0.05, 0.1) is 5.69 Å². The summed E-state index contributed by atoms with van der Waals surface area (Å²) in [5, 5.41) is 3.61. The summed E-state index contributed by atoms with van der Waals surface area (Å²) in [5.41, 5.74) is 2.73. The molecular formula is C18H29N5. The first kappa shape index (κ1) is 15.2. The van der Waals surface area contributed by atoms with Crippen LogP contribution < -0.4 is 10.2 Å². The Hall–Kier alpha value is -1.36. The predicted molar refractivity (Wildman–Crippen MR) is 94.3 cm³/mol. The first-order chi connectivity index (χ1) is 11.3. The molecule has 0 spiro atoms. The van der Waals surface area contributed by atoms with Gasteiger partial charge in [0.15, 0.2) is 0 Å². The van der Waals surface area contributed by atoms with E-state index in [0.717, 1.165) is 38.4 Å². The normalized spacial score (nSPS) is 25.4. The van der Waals surface area contributed by atoms with Gasteiger partial charge in [-0.25, -0.2) is 4.98 Å². The predicted octanol–water partition coefficient (Wildman–Crippen LogP) is 2.46. The Kier molecular flexibility index (Phi) is 4.38. The highest BCUT2D eigenvalue weighted by molar-refractivity contribution is 5.54. The maximum atomic E-state index is 4.98. The zero-order valence-electron chi connectivity index (χ0n) is 14.4. The number of aryl methyl sites for hydroxylation is 1. The first-order valence-corrected chi connectivity index (χ1v) is 9.39. The van der Waals surface area contributed by atoms with Gasteiger partial charge >= 0.3 is 0 Å². The van der Waals surface area contributed by atoms with Crippen LogP contribution in [0.2, 0.25) is 0 Å². The van der Waals surface area contributed by atoms with Crippen molar-refractivity contribution in [3.8, 4) is 0 Å². The van der Waals surface area contributed by atoms with Crippen LogP contribution in [-0.4, -0.2) is 54.1 Å². The van der Waals surface area contributed by atoms with Crippen molar-refractivity contribution in [1.29, 1.82) is 0 Å². The molecule has 4 rings (SSSR count). The number of hydrogen-bond acceptors (Lipinski definition) is 5. The minimum absolute atomic E-state index is 0.497. The van der Waals surface area contributed by atoms with Crippen LogP contribution in [0.1, 0.15) is 49.8 Å². The van der Waals surface area contributed by atoms with E-state index in [4.69, 9.17) is 9.97 Å². The maximum absolute atomic E-state index is 4.98. The molecule has 1 N–H and O–H groups in total. The van der Waals surface area contributed by atoms with Crippen molar-refractivity contribution in [2.45, 2.75) is 57.4 Å². The number of nitrogens with zero attached hydrogens (tertiary/aromatic N) is 4. The number of likely N-dealkylation sites (N-methyl/N-ethyl adjacent to an activating group) is 1. The highest BCUT2D eigenvalue weighted by Gasteiger charge is 2.25. The van der Waals surface area contributed by atoms with Crippen LogP contribution in [0, 0.1) is 0 Å². The Morgan fingerprint density at radius 3 is 2.52 bits per heavy atom. The van der Waals surface area contributed by atoms with Crippen molar-refractivity contribution in [2.24, 2.45) is 0 Å². The van der Waals surface area contributed by atoms with E-state index in [9.17, 15) is 0 Å². The summed E-state index contributed by atoms with van der Waals surface area (Å²) in [6.45, 7) is 4.59. The number of likely N-dealkylation sites (tertiary alicyclic amines) is 1. The van der Waals surface area contributed by atoms with E-state index in [2.05, 4.69) is 22.2 Å². The molecule has 23 heavy (non-hydrogen) atoms. The highest BCUT2D eigenvalue weighted by atomic mass is 15.3. The summed E-state index contributed by atoms with van der Waals surface area (Å²) in [5.74, 6) is 2.11. The molecule has 3 aliphatic rings. The van der Waals surface area contributed by atoms with E-state index in [0.29, 0.717) is 6.04 Å². The Morgan fingerprint density at radius 2 is 1.78 bits per heavy atom. The van der Waals surface area contributed by atoms with E-state index in [1.165, 1.54) is 62.1 Å². The van der Waals surface area contributed by atoms with Crippen molar-refractivity contribution in [3.63, 3.8) is 0 Å². The fraction of sp³-hybridized carbons (Fsp3) is 0.778. The fourth-order valence-electron chi connectivity index (χ4n) is 4.26. The standard InChI is InChI=1S/C18H29N5/c1-22-12-9-14(13-22)19-18-20-16-8-6-7-15(16)17(21-18)23-10-4-2-3-5-11-23/h14H,2-13H2,1H3,(H,19,20,21). The second-order valence-corrected chi connectivity index (χ2v) is 7.44. The molecule has 0 saturated carbocycles. The van der Waals surface area contributed by atoms with Gasteiger partial charge in [-0.15, -0.1) is 0 Å². The minimum atomic E-state index is 0.497. The summed E-state index contributed by atoms with van der Waals surface area (Å²) in [4.78, 5) is 14.7. The SMILES string of the molecule is CN1CCC(Nc2nc3c(c(N4CCCCCC4)n2)CCC3)C1. The summed E-state index contributed by atoms with van der Waals surface area (Å²) >= 11 is 0. The number of hydrogen-bond donors (Lipinski definition) is 1. The Balaban J connectivity index is 1.59. The summed E-state index contributed by atoms with van der Waals surface area (Å²) in [7, 11) is 2.19. The van der Waals surface area contributed by atoms with Gasteiger partial charge in [-0.05, 0) is 52.1 Å².